The number of carbonyl (C=O) groups is 12. The lowest BCUT2D eigenvalue weighted by molar-refractivity contribution is -0.151. The Balaban J connectivity index is 1.05. The first-order chi connectivity index (χ1) is 59.5. The van der Waals surface area contributed by atoms with Crippen molar-refractivity contribution in [2.24, 2.45) is 67.0 Å². The molecule has 0 bridgehead atoms. The summed E-state index contributed by atoms with van der Waals surface area (Å²) in [6.45, 7) is 50.3. The summed E-state index contributed by atoms with van der Waals surface area (Å²) < 4.78 is 89.8. The molecule has 4 fully saturated rings. The molecule has 0 spiro atoms. The van der Waals surface area contributed by atoms with Crippen LogP contribution >= 0.6 is 0 Å². The first-order valence-corrected chi connectivity index (χ1v) is 55.6. The van der Waals surface area contributed by atoms with Crippen LogP contribution in [-0.2, 0) is 113 Å². The maximum absolute atomic E-state index is 13.8. The molecule has 734 valence electrons. The van der Waals surface area contributed by atoms with Crippen molar-refractivity contribution in [3.05, 3.63) is 25.3 Å². The van der Waals surface area contributed by atoms with Gasteiger partial charge in [-0.3, -0.25) is 28.8 Å². The third kappa shape index (κ3) is 48.8. The van der Waals surface area contributed by atoms with Gasteiger partial charge in [-0.2, -0.15) is 0 Å². The molecule has 0 aromatic rings. The maximum Gasteiger partial charge on any atom is 0.407 e. The minimum atomic E-state index is -2.65. The Morgan fingerprint density at radius 3 is 1.23 bits per heavy atom. The van der Waals surface area contributed by atoms with Gasteiger partial charge in [0.1, 0.15) is 66.1 Å². The van der Waals surface area contributed by atoms with Crippen molar-refractivity contribution in [2.45, 2.75) is 308 Å². The second kappa shape index (κ2) is 53.5. The van der Waals surface area contributed by atoms with Gasteiger partial charge in [-0.25, -0.2) is 28.8 Å². The summed E-state index contributed by atoms with van der Waals surface area (Å²) in [5, 5.41) is 12.0. The van der Waals surface area contributed by atoms with Gasteiger partial charge < -0.3 is 95.8 Å². The molecule has 4 aliphatic carbocycles. The number of amides is 4. The van der Waals surface area contributed by atoms with E-state index >= 15 is 0 Å². The Labute approximate surface area is 766 Å². The first kappa shape index (κ1) is 113. The number of unbranched alkanes of at least 4 members (excludes halogenated alkanes) is 2. The Bertz CT molecular complexity index is 3550. The van der Waals surface area contributed by atoms with Crippen molar-refractivity contribution in [1.82, 2.24) is 21.3 Å². The van der Waals surface area contributed by atoms with E-state index in [1.807, 2.05) is 6.92 Å². The molecule has 4 aliphatic rings. The highest BCUT2D eigenvalue weighted by Crippen LogP contribution is 2.53. The third-order valence-electron chi connectivity index (χ3n) is 23.9. The molecule has 4 amide bonds. The van der Waals surface area contributed by atoms with Crippen LogP contribution in [0.5, 0.6) is 0 Å². The lowest BCUT2D eigenvalue weighted by Crippen LogP contribution is -2.52. The van der Waals surface area contributed by atoms with Gasteiger partial charge in [0.2, 0.25) is 0 Å². The van der Waals surface area contributed by atoms with Crippen molar-refractivity contribution >= 4 is 97.3 Å². The minimum Gasteiger partial charge on any atom is -0.466 e. The number of hydrogen-bond donors (Lipinski definition) is 4. The predicted octanol–water partition coefficient (Wildman–Crippen LogP) is 16.2. The molecule has 128 heavy (non-hydrogen) atoms. The average Bonchev–Trinajstić information content (AvgIpc) is 0.804. The number of rotatable bonds is 57. The highest BCUT2D eigenvalue weighted by Gasteiger charge is 2.48. The Kier molecular flexibility index (Phi) is 47.3. The molecule has 0 radical (unpaired) electrons. The molecule has 0 saturated heterocycles. The zero-order valence-corrected chi connectivity index (χ0v) is 84.4. The molecule has 4 saturated carbocycles. The fourth-order valence-corrected chi connectivity index (χ4v) is 32.9. The quantitative estimate of drug-likeness (QED) is 0.0144. The summed E-state index contributed by atoms with van der Waals surface area (Å²) in [6, 6.07) is 0.312. The number of alkyl carbamates (subject to hydrolysis) is 4. The zero-order valence-electron chi connectivity index (χ0n) is 81.4. The number of ether oxygens (including phenoxy) is 14. The van der Waals surface area contributed by atoms with Crippen molar-refractivity contribution in [3.63, 3.8) is 0 Å². The smallest absolute Gasteiger partial charge is 0.407 e. The molecule has 35 heteroatoms. The van der Waals surface area contributed by atoms with Crippen molar-refractivity contribution in [1.29, 1.82) is 0 Å². The number of esters is 8. The number of hydrogen-bond acceptors (Lipinski definition) is 28. The number of carbonyl (C=O) groups excluding carboxylic acids is 12. The van der Waals surface area contributed by atoms with Gasteiger partial charge in [0.15, 0.2) is 16.6 Å². The van der Waals surface area contributed by atoms with Crippen LogP contribution in [0, 0.1) is 67.0 Å². The van der Waals surface area contributed by atoms with Gasteiger partial charge in [0, 0.05) is 81.3 Å². The molecular weight excluding hydrogens is 1710 g/mol. The largest absolute Gasteiger partial charge is 0.466 e. The number of nitrogens with one attached hydrogen (secondary N) is 4. The summed E-state index contributed by atoms with van der Waals surface area (Å²) >= 11 is 0. The molecule has 0 aliphatic heterocycles. The second-order valence-electron chi connectivity index (χ2n) is 42.8. The molecular formula is C93H162N4O28Si3. The summed E-state index contributed by atoms with van der Waals surface area (Å²) in [6.07, 6.45) is 12.5. The standard InChI is InChI=1S/C93H162N4O28Si3/c1-23-74(98)113-45-47-117-78(102)32-34-90(12)60-72(58-88(8,9)61-90)97-84(108)120-36-28-27-35-112-79(103)51-69-54-86(4,5)62-92(14,56-69)64-94-82(106)121-44-40-111-38-42-116-77(101)31-26-25-30-76(100)115-41-37-110-39-43-118-81(105)53-73-68(3)50-71(59-89(73,10)11)96-85(109)123-67-91(13,33-29-49-128(22,124-126(16,17)18)125-127(19,20)21)66-122-83(107)95-65-93(15)57-70(55-87(6,7)63-93)52-80(104)119-48-46-114-75(99)24-2/h23-24,68-73H,1-2,25-67H2,3-22H3,(H,94,106)(H,95,107)(H,96,109)(H,97,108). The van der Waals surface area contributed by atoms with Crippen LogP contribution in [0.2, 0.25) is 51.9 Å². The van der Waals surface area contributed by atoms with Gasteiger partial charge in [-0.1, -0.05) is 110 Å². The van der Waals surface area contributed by atoms with Crippen LogP contribution in [0.1, 0.15) is 244 Å². The fourth-order valence-electron chi connectivity index (χ4n) is 20.3. The van der Waals surface area contributed by atoms with E-state index in [0.29, 0.717) is 96.2 Å². The van der Waals surface area contributed by atoms with E-state index in [0.717, 1.165) is 50.7 Å². The van der Waals surface area contributed by atoms with Crippen LogP contribution < -0.4 is 21.3 Å². The molecule has 32 nitrogen and oxygen atoms in total. The molecule has 0 aromatic heterocycles. The lowest BCUT2D eigenvalue weighted by Gasteiger charge is -2.46. The molecule has 0 aromatic carbocycles. The Morgan fingerprint density at radius 2 is 0.766 bits per heavy atom. The average molecular weight is 1870 g/mol. The van der Waals surface area contributed by atoms with E-state index in [1.54, 1.807) is 0 Å². The van der Waals surface area contributed by atoms with E-state index in [-0.39, 0.29) is 242 Å². The zero-order chi connectivity index (χ0) is 95.9. The van der Waals surface area contributed by atoms with Gasteiger partial charge in [-0.15, -0.1) is 0 Å². The Hall–Kier alpha value is -7.19. The highest BCUT2D eigenvalue weighted by atomic mass is 28.5. The van der Waals surface area contributed by atoms with Crippen molar-refractivity contribution < 1.29 is 132 Å². The maximum atomic E-state index is 13.8. The van der Waals surface area contributed by atoms with Gasteiger partial charge >= 0.3 is 80.7 Å². The fraction of sp³-hybridized carbons (Fsp3) is 0.828. The van der Waals surface area contributed by atoms with E-state index in [2.05, 4.69) is 163 Å². The summed E-state index contributed by atoms with van der Waals surface area (Å²) in [7, 11) is -6.65. The molecule has 10 atom stereocenters. The van der Waals surface area contributed by atoms with Crippen molar-refractivity contribution in [2.75, 3.05) is 119 Å². The second-order valence-corrected chi connectivity index (χ2v) is 55.6. The van der Waals surface area contributed by atoms with E-state index in [9.17, 15) is 57.5 Å². The Morgan fingerprint density at radius 1 is 0.391 bits per heavy atom. The first-order valence-electron chi connectivity index (χ1n) is 46.3. The third-order valence-corrected chi connectivity index (χ3v) is 33.5. The summed E-state index contributed by atoms with van der Waals surface area (Å²) in [5.74, 6) is -3.47. The van der Waals surface area contributed by atoms with E-state index in [1.165, 1.54) is 0 Å². The molecule has 0 heterocycles. The predicted molar refractivity (Wildman–Crippen MR) is 488 cm³/mol. The molecule has 10 unspecified atom stereocenters. The van der Waals surface area contributed by atoms with Crippen LogP contribution in [0.4, 0.5) is 19.2 Å². The normalized spacial score (nSPS) is 23.4. The highest BCUT2D eigenvalue weighted by molar-refractivity contribution is 6.87. The van der Waals surface area contributed by atoms with Gasteiger partial charge in [-0.05, 0) is 223 Å². The summed E-state index contributed by atoms with van der Waals surface area (Å²) in [5.41, 5.74) is -2.37. The molecule has 4 N–H and O–H groups in total. The van der Waals surface area contributed by atoms with E-state index < -0.39 is 78.9 Å². The van der Waals surface area contributed by atoms with Crippen LogP contribution in [-0.4, -0.2) is 228 Å². The van der Waals surface area contributed by atoms with Crippen LogP contribution in [0.25, 0.3) is 0 Å². The SMILES string of the molecule is C=CC(=O)OCCOC(=O)CCC1(C)CC(NC(=O)OCCCCOC(=O)CC2CC(C)(C)CC(C)(CNC(=O)OCCOCCOC(=O)CCCCC(=O)OCCOCCOC(=O)CC3C(C)CC(NC(=O)OCC(C)(CCC[Si](C)(O[Si](C)(C)C)O[Si](C)(C)C)COC(=O)NCC4(C)CC(CC(=O)OCCOC(=O)C=C)CC(C)(C)C4)CC3(C)C)C2)CC(C)(C)C1. The minimum absolute atomic E-state index is 0.00144. The van der Waals surface area contributed by atoms with Crippen LogP contribution in [0.15, 0.2) is 25.3 Å². The van der Waals surface area contributed by atoms with Gasteiger partial charge in [0.25, 0.3) is 0 Å². The van der Waals surface area contributed by atoms with Crippen LogP contribution in [0.3, 0.4) is 0 Å². The van der Waals surface area contributed by atoms with Crippen molar-refractivity contribution in [3.8, 4) is 0 Å². The van der Waals surface area contributed by atoms with Gasteiger partial charge in [0.05, 0.1) is 39.6 Å². The molecule has 4 rings (SSSR count). The lowest BCUT2D eigenvalue weighted by atomic mass is 9.60. The topological polar surface area (TPSA) is 401 Å². The van der Waals surface area contributed by atoms with E-state index in [4.69, 9.17) is 74.5 Å². The monoisotopic (exact) mass is 1870 g/mol. The summed E-state index contributed by atoms with van der Waals surface area (Å²) in [4.78, 5) is 152.